The van der Waals surface area contributed by atoms with E-state index in [4.69, 9.17) is 5.73 Å². The van der Waals surface area contributed by atoms with Crippen LogP contribution in [-0.2, 0) is 17.6 Å². The number of aromatic nitrogens is 1. The molecule has 1 heterocycles. The van der Waals surface area contributed by atoms with Crippen LogP contribution in [-0.4, -0.2) is 16.6 Å². The van der Waals surface area contributed by atoms with E-state index in [2.05, 4.69) is 4.98 Å². The normalized spacial score (nSPS) is 10.9. The minimum Gasteiger partial charge on any atom is -0.398 e. The standard InChI is InChI=1S/C24H22N2O2/c25-23-9-2-1-7-21(23)16-24(28)20-12-10-18(11-13-20)15-22(27)8-3-5-19-6-4-14-26-17-19/h1-7,9-14,17H,8,15-16,25H2/b5-3+. The first-order chi connectivity index (χ1) is 13.6. The SMILES string of the molecule is Nc1ccccc1CC(=O)c1ccc(CC(=O)C/C=C/c2cccnc2)cc1. The summed E-state index contributed by atoms with van der Waals surface area (Å²) in [6.07, 6.45) is 8.18. The Labute approximate surface area is 164 Å². The third-order valence-corrected chi connectivity index (χ3v) is 4.42. The molecule has 0 saturated heterocycles. The molecule has 4 nitrogen and oxygen atoms in total. The molecule has 0 aliphatic heterocycles. The number of anilines is 1. The van der Waals surface area contributed by atoms with E-state index in [0.29, 0.717) is 24.1 Å². The van der Waals surface area contributed by atoms with E-state index < -0.39 is 0 Å². The maximum atomic E-state index is 12.4. The highest BCUT2D eigenvalue weighted by Crippen LogP contribution is 2.15. The van der Waals surface area contributed by atoms with Crippen LogP contribution in [0.3, 0.4) is 0 Å². The van der Waals surface area contributed by atoms with Crippen molar-refractivity contribution in [1.82, 2.24) is 4.98 Å². The summed E-state index contributed by atoms with van der Waals surface area (Å²) in [6.45, 7) is 0. The van der Waals surface area contributed by atoms with Gasteiger partial charge in [0.05, 0.1) is 0 Å². The quantitative estimate of drug-likeness (QED) is 0.474. The van der Waals surface area contributed by atoms with E-state index in [9.17, 15) is 9.59 Å². The second-order valence-electron chi connectivity index (χ2n) is 6.60. The summed E-state index contributed by atoms with van der Waals surface area (Å²) in [7, 11) is 0. The van der Waals surface area contributed by atoms with Gasteiger partial charge in [0.2, 0.25) is 0 Å². The van der Waals surface area contributed by atoms with Crippen LogP contribution in [0.5, 0.6) is 0 Å². The number of rotatable bonds is 8. The van der Waals surface area contributed by atoms with Crippen molar-refractivity contribution < 1.29 is 9.59 Å². The van der Waals surface area contributed by atoms with E-state index in [-0.39, 0.29) is 18.0 Å². The number of carbonyl (C=O) groups excluding carboxylic acids is 2. The average molecular weight is 370 g/mol. The van der Waals surface area contributed by atoms with Gasteiger partial charge in [-0.1, -0.05) is 60.7 Å². The predicted octanol–water partition coefficient (Wildman–Crippen LogP) is 4.30. The number of nitrogens with zero attached hydrogens (tertiary/aromatic N) is 1. The molecule has 4 heteroatoms. The topological polar surface area (TPSA) is 73.1 Å². The predicted molar refractivity (Wildman–Crippen MR) is 112 cm³/mol. The number of nitrogens with two attached hydrogens (primary N) is 1. The van der Waals surface area contributed by atoms with Crippen molar-refractivity contribution in [3.05, 3.63) is 101 Å². The molecule has 0 spiro atoms. The Balaban J connectivity index is 1.53. The Morgan fingerprint density at radius 3 is 2.43 bits per heavy atom. The van der Waals surface area contributed by atoms with Crippen LogP contribution in [0.15, 0.2) is 79.1 Å². The van der Waals surface area contributed by atoms with E-state index in [0.717, 1.165) is 16.7 Å². The molecule has 28 heavy (non-hydrogen) atoms. The number of carbonyl (C=O) groups is 2. The van der Waals surface area contributed by atoms with Crippen LogP contribution in [0.1, 0.15) is 33.5 Å². The van der Waals surface area contributed by atoms with Gasteiger partial charge in [-0.2, -0.15) is 0 Å². The Kier molecular flexibility index (Phi) is 6.47. The lowest BCUT2D eigenvalue weighted by Gasteiger charge is -2.06. The molecule has 0 saturated carbocycles. The first-order valence-corrected chi connectivity index (χ1v) is 9.15. The fraction of sp³-hybridized carbons (Fsp3) is 0.125. The van der Waals surface area contributed by atoms with E-state index >= 15 is 0 Å². The Bertz CT molecular complexity index is 977. The van der Waals surface area contributed by atoms with Gasteiger partial charge in [0, 0.05) is 42.9 Å². The molecule has 140 valence electrons. The molecule has 0 unspecified atom stereocenters. The molecular weight excluding hydrogens is 348 g/mol. The summed E-state index contributed by atoms with van der Waals surface area (Å²) >= 11 is 0. The second-order valence-corrected chi connectivity index (χ2v) is 6.60. The lowest BCUT2D eigenvalue weighted by molar-refractivity contribution is -0.117. The van der Waals surface area contributed by atoms with Crippen LogP contribution in [0, 0.1) is 0 Å². The molecule has 2 N–H and O–H groups in total. The summed E-state index contributed by atoms with van der Waals surface area (Å²) < 4.78 is 0. The summed E-state index contributed by atoms with van der Waals surface area (Å²) in [5.74, 6) is 0.131. The lowest BCUT2D eigenvalue weighted by Crippen LogP contribution is -2.06. The van der Waals surface area contributed by atoms with Crippen molar-refractivity contribution in [2.45, 2.75) is 19.3 Å². The Morgan fingerprint density at radius 2 is 1.71 bits per heavy atom. The molecule has 0 aliphatic rings. The maximum absolute atomic E-state index is 12.4. The minimum absolute atomic E-state index is 0.00943. The number of ketones is 2. The van der Waals surface area contributed by atoms with E-state index in [1.54, 1.807) is 30.6 Å². The number of pyridine rings is 1. The average Bonchev–Trinajstić information content (AvgIpc) is 2.71. The molecule has 0 amide bonds. The molecule has 1 aromatic heterocycles. The molecule has 3 rings (SSSR count). The van der Waals surface area contributed by atoms with Gasteiger partial charge in [0.25, 0.3) is 0 Å². The van der Waals surface area contributed by atoms with Crippen LogP contribution in [0.25, 0.3) is 6.08 Å². The van der Waals surface area contributed by atoms with Crippen LogP contribution in [0.2, 0.25) is 0 Å². The largest absolute Gasteiger partial charge is 0.398 e. The summed E-state index contributed by atoms with van der Waals surface area (Å²) in [4.78, 5) is 28.6. The fourth-order valence-electron chi connectivity index (χ4n) is 2.88. The van der Waals surface area contributed by atoms with Gasteiger partial charge in [0.15, 0.2) is 5.78 Å². The van der Waals surface area contributed by atoms with Crippen molar-refractivity contribution >= 4 is 23.3 Å². The van der Waals surface area contributed by atoms with Crippen molar-refractivity contribution in [2.75, 3.05) is 5.73 Å². The number of benzene rings is 2. The van der Waals surface area contributed by atoms with Gasteiger partial charge in [-0.05, 0) is 28.8 Å². The summed E-state index contributed by atoms with van der Waals surface area (Å²) in [5, 5.41) is 0. The number of Topliss-reactive ketones (excluding diaryl/α,β-unsaturated/α-hetero) is 2. The van der Waals surface area contributed by atoms with Crippen LogP contribution in [0.4, 0.5) is 5.69 Å². The van der Waals surface area contributed by atoms with Crippen LogP contribution < -0.4 is 5.73 Å². The zero-order valence-corrected chi connectivity index (χ0v) is 15.5. The fourth-order valence-corrected chi connectivity index (χ4v) is 2.88. The Hall–Kier alpha value is -3.53. The highest BCUT2D eigenvalue weighted by atomic mass is 16.1. The first-order valence-electron chi connectivity index (χ1n) is 9.15. The second kappa shape index (κ2) is 9.42. The highest BCUT2D eigenvalue weighted by molar-refractivity contribution is 5.98. The molecule has 0 atom stereocenters. The zero-order chi connectivity index (χ0) is 19.8. The van der Waals surface area contributed by atoms with Gasteiger partial charge in [0.1, 0.15) is 5.78 Å². The van der Waals surface area contributed by atoms with Crippen molar-refractivity contribution in [3.8, 4) is 0 Å². The molecule has 0 radical (unpaired) electrons. The summed E-state index contributed by atoms with van der Waals surface area (Å²) in [6, 6.07) is 18.4. The minimum atomic E-state index is 0.00943. The summed E-state index contributed by atoms with van der Waals surface area (Å²) in [5.41, 5.74) is 9.84. The lowest BCUT2D eigenvalue weighted by atomic mass is 9.99. The molecule has 0 fully saturated rings. The maximum Gasteiger partial charge on any atom is 0.167 e. The van der Waals surface area contributed by atoms with Gasteiger partial charge in [-0.15, -0.1) is 0 Å². The van der Waals surface area contributed by atoms with Crippen molar-refractivity contribution in [1.29, 1.82) is 0 Å². The van der Waals surface area contributed by atoms with Crippen molar-refractivity contribution in [3.63, 3.8) is 0 Å². The zero-order valence-electron chi connectivity index (χ0n) is 15.5. The van der Waals surface area contributed by atoms with E-state index in [1.165, 1.54) is 0 Å². The number of nitrogen functional groups attached to an aromatic ring is 1. The number of para-hydroxylation sites is 1. The van der Waals surface area contributed by atoms with Gasteiger partial charge in [-0.25, -0.2) is 0 Å². The third-order valence-electron chi connectivity index (χ3n) is 4.42. The molecule has 0 bridgehead atoms. The van der Waals surface area contributed by atoms with E-state index in [1.807, 2.05) is 54.6 Å². The van der Waals surface area contributed by atoms with Crippen LogP contribution >= 0.6 is 0 Å². The smallest absolute Gasteiger partial charge is 0.167 e. The Morgan fingerprint density at radius 1 is 0.929 bits per heavy atom. The first kappa shape index (κ1) is 19.2. The number of allylic oxidation sites excluding steroid dienone is 1. The highest BCUT2D eigenvalue weighted by Gasteiger charge is 2.10. The third kappa shape index (κ3) is 5.48. The van der Waals surface area contributed by atoms with Gasteiger partial charge in [-0.3, -0.25) is 14.6 Å². The monoisotopic (exact) mass is 370 g/mol. The van der Waals surface area contributed by atoms with Crippen molar-refractivity contribution in [2.24, 2.45) is 0 Å². The molecule has 3 aromatic rings. The van der Waals surface area contributed by atoms with Gasteiger partial charge < -0.3 is 5.73 Å². The molecule has 2 aromatic carbocycles. The van der Waals surface area contributed by atoms with Gasteiger partial charge >= 0.3 is 0 Å². The molecule has 0 aliphatic carbocycles. The number of hydrogen-bond acceptors (Lipinski definition) is 4. The molecular formula is C24H22N2O2. The number of hydrogen-bond donors (Lipinski definition) is 1.